The van der Waals surface area contributed by atoms with Crippen molar-refractivity contribution in [1.29, 1.82) is 0 Å². The molecule has 0 amide bonds. The van der Waals surface area contributed by atoms with E-state index in [0.29, 0.717) is 0 Å². The van der Waals surface area contributed by atoms with E-state index in [9.17, 15) is 0 Å². The van der Waals surface area contributed by atoms with E-state index in [1.807, 2.05) is 49.6 Å². The summed E-state index contributed by atoms with van der Waals surface area (Å²) in [5.74, 6) is 0. The average Bonchev–Trinajstić information content (AvgIpc) is 2.50. The van der Waals surface area contributed by atoms with Crippen LogP contribution in [-0.4, -0.2) is 4.90 Å². The Morgan fingerprint density at radius 2 is 1.67 bits per heavy atom. The summed E-state index contributed by atoms with van der Waals surface area (Å²) in [6.07, 6.45) is 7.98. The molecule has 0 saturated carbocycles. The van der Waals surface area contributed by atoms with E-state index in [1.165, 1.54) is 5.56 Å². The molecule has 0 aliphatic carbocycles. The smallest absolute Gasteiger partial charge is 0.0559 e. The van der Waals surface area contributed by atoms with E-state index >= 15 is 0 Å². The number of allylic oxidation sites excluding steroid dienone is 5. The van der Waals surface area contributed by atoms with Gasteiger partial charge >= 0.3 is 0 Å². The van der Waals surface area contributed by atoms with Crippen LogP contribution < -0.4 is 0 Å². The second-order valence-corrected chi connectivity index (χ2v) is 5.16. The monoisotopic (exact) mass is 275 g/mol. The lowest BCUT2D eigenvalue weighted by atomic mass is 9.97. The largest absolute Gasteiger partial charge is 0.317 e. The molecular weight excluding hydrogens is 254 g/mol. The first-order valence-corrected chi connectivity index (χ1v) is 6.97. The summed E-state index contributed by atoms with van der Waals surface area (Å²) < 4.78 is 0. The van der Waals surface area contributed by atoms with Crippen LogP contribution in [0.3, 0.4) is 0 Å². The molecule has 0 atom stereocenters. The van der Waals surface area contributed by atoms with Crippen LogP contribution in [0.1, 0.15) is 19.4 Å². The number of hydrogen-bond donors (Lipinski definition) is 0. The Balaban J connectivity index is 2.59. The number of nitrogens with zero attached hydrogens (tertiary/aromatic N) is 1. The molecule has 2 rings (SSSR count). The van der Waals surface area contributed by atoms with E-state index in [1.54, 1.807) is 0 Å². The highest BCUT2D eigenvalue weighted by atomic mass is 15.1. The summed E-state index contributed by atoms with van der Waals surface area (Å²) in [6.45, 7) is 16.5. The molecule has 1 aliphatic rings. The Morgan fingerprint density at radius 1 is 1.00 bits per heavy atom. The van der Waals surface area contributed by atoms with Crippen LogP contribution in [0.15, 0.2) is 97.0 Å². The van der Waals surface area contributed by atoms with Crippen LogP contribution in [0.4, 0.5) is 0 Å². The standard InChI is InChI=1S/C20H21N/c1-15(2)17(4)20(21-14-10-9-11-16(21)3)18(5)19-12-7-6-8-13-19/h6-14H,1,3-4H2,2,5H3/b20-18+. The molecular formula is C20H21N. The minimum absolute atomic E-state index is 0.921. The maximum absolute atomic E-state index is 4.21. The number of benzene rings is 1. The summed E-state index contributed by atoms with van der Waals surface area (Å²) in [5.41, 5.74) is 6.17. The zero-order valence-electron chi connectivity index (χ0n) is 12.8. The van der Waals surface area contributed by atoms with Gasteiger partial charge in [0.25, 0.3) is 0 Å². The van der Waals surface area contributed by atoms with Crippen LogP contribution in [0.2, 0.25) is 0 Å². The van der Waals surface area contributed by atoms with Crippen LogP contribution >= 0.6 is 0 Å². The molecule has 1 aromatic carbocycles. The molecule has 106 valence electrons. The SMILES string of the molecule is C=C(C)C(=C)/C(=C(/C)c1ccccc1)N1C=CC=CC1=C. The molecule has 1 heteroatoms. The van der Waals surface area contributed by atoms with Crippen LogP contribution in [0, 0.1) is 0 Å². The van der Waals surface area contributed by atoms with E-state index in [-0.39, 0.29) is 0 Å². The van der Waals surface area contributed by atoms with E-state index < -0.39 is 0 Å². The minimum Gasteiger partial charge on any atom is -0.317 e. The Morgan fingerprint density at radius 3 is 2.24 bits per heavy atom. The normalized spacial score (nSPS) is 15.0. The van der Waals surface area contributed by atoms with Crippen LogP contribution in [0.5, 0.6) is 0 Å². The Hall–Kier alpha value is -2.54. The first-order chi connectivity index (χ1) is 10.0. The van der Waals surface area contributed by atoms with Gasteiger partial charge in [-0.15, -0.1) is 0 Å². The van der Waals surface area contributed by atoms with Gasteiger partial charge in [-0.3, -0.25) is 0 Å². The molecule has 1 heterocycles. The molecule has 0 saturated heterocycles. The predicted molar refractivity (Wildman–Crippen MR) is 92.2 cm³/mol. The van der Waals surface area contributed by atoms with Crippen LogP contribution in [0.25, 0.3) is 5.57 Å². The molecule has 0 N–H and O–H groups in total. The summed E-state index contributed by atoms with van der Waals surface area (Å²) in [6, 6.07) is 10.3. The fourth-order valence-corrected chi connectivity index (χ4v) is 2.28. The van der Waals surface area contributed by atoms with Gasteiger partial charge in [-0.1, -0.05) is 56.1 Å². The van der Waals surface area contributed by atoms with Gasteiger partial charge in [0.05, 0.1) is 5.70 Å². The van der Waals surface area contributed by atoms with Gasteiger partial charge in [-0.2, -0.15) is 0 Å². The highest BCUT2D eigenvalue weighted by Crippen LogP contribution is 2.32. The topological polar surface area (TPSA) is 3.24 Å². The van der Waals surface area contributed by atoms with Gasteiger partial charge < -0.3 is 4.90 Å². The van der Waals surface area contributed by atoms with Crippen molar-refractivity contribution < 1.29 is 0 Å². The van der Waals surface area contributed by atoms with E-state index in [4.69, 9.17) is 0 Å². The van der Waals surface area contributed by atoms with Crippen molar-refractivity contribution in [1.82, 2.24) is 4.90 Å². The molecule has 0 aromatic heterocycles. The average molecular weight is 275 g/mol. The molecule has 0 radical (unpaired) electrons. The molecule has 1 aromatic rings. The molecule has 1 aliphatic heterocycles. The minimum atomic E-state index is 0.921. The lowest BCUT2D eigenvalue weighted by molar-refractivity contribution is 0.605. The van der Waals surface area contributed by atoms with E-state index in [2.05, 4.69) is 43.7 Å². The van der Waals surface area contributed by atoms with Gasteiger partial charge in [0.2, 0.25) is 0 Å². The lowest BCUT2D eigenvalue weighted by Crippen LogP contribution is -2.19. The van der Waals surface area contributed by atoms with Crippen LogP contribution in [-0.2, 0) is 0 Å². The number of hydrogen-bond acceptors (Lipinski definition) is 1. The van der Waals surface area contributed by atoms with Crippen molar-refractivity contribution in [3.63, 3.8) is 0 Å². The van der Waals surface area contributed by atoms with Crippen molar-refractivity contribution in [2.24, 2.45) is 0 Å². The Bertz CT molecular complexity index is 669. The zero-order valence-corrected chi connectivity index (χ0v) is 12.8. The first-order valence-electron chi connectivity index (χ1n) is 6.97. The predicted octanol–water partition coefficient (Wildman–Crippen LogP) is 5.45. The second-order valence-electron chi connectivity index (χ2n) is 5.16. The highest BCUT2D eigenvalue weighted by Gasteiger charge is 2.18. The van der Waals surface area contributed by atoms with Crippen molar-refractivity contribution in [2.45, 2.75) is 13.8 Å². The molecule has 0 spiro atoms. The molecule has 0 unspecified atom stereocenters. The fraction of sp³-hybridized carbons (Fsp3) is 0.100. The Kier molecular flexibility index (Phi) is 4.44. The summed E-state index contributed by atoms with van der Waals surface area (Å²) >= 11 is 0. The summed E-state index contributed by atoms with van der Waals surface area (Å²) in [5, 5.41) is 0. The van der Waals surface area contributed by atoms with Gasteiger partial charge in [0, 0.05) is 11.9 Å². The highest BCUT2D eigenvalue weighted by molar-refractivity contribution is 5.73. The third-order valence-electron chi connectivity index (χ3n) is 3.55. The molecule has 21 heavy (non-hydrogen) atoms. The Labute approximate surface area is 127 Å². The lowest BCUT2D eigenvalue weighted by Gasteiger charge is -2.29. The third kappa shape index (κ3) is 3.14. The fourth-order valence-electron chi connectivity index (χ4n) is 2.28. The summed E-state index contributed by atoms with van der Waals surface area (Å²) in [7, 11) is 0. The van der Waals surface area contributed by atoms with E-state index in [0.717, 1.165) is 28.1 Å². The van der Waals surface area contributed by atoms with Crippen molar-refractivity contribution in [3.8, 4) is 0 Å². The maximum atomic E-state index is 4.21. The second kappa shape index (κ2) is 6.27. The third-order valence-corrected chi connectivity index (χ3v) is 3.55. The van der Waals surface area contributed by atoms with Gasteiger partial charge in [-0.25, -0.2) is 0 Å². The van der Waals surface area contributed by atoms with Gasteiger partial charge in [0.1, 0.15) is 0 Å². The number of rotatable bonds is 4. The molecule has 0 bridgehead atoms. The quantitative estimate of drug-likeness (QED) is 0.660. The summed E-state index contributed by atoms with van der Waals surface area (Å²) in [4.78, 5) is 2.07. The van der Waals surface area contributed by atoms with Gasteiger partial charge in [0.15, 0.2) is 0 Å². The molecule has 0 fully saturated rings. The van der Waals surface area contributed by atoms with Crippen molar-refractivity contribution >= 4 is 5.57 Å². The molecule has 1 nitrogen and oxygen atoms in total. The zero-order chi connectivity index (χ0) is 15.4. The first kappa shape index (κ1) is 14.9. The van der Waals surface area contributed by atoms with Crippen molar-refractivity contribution in [3.05, 3.63) is 103 Å². The van der Waals surface area contributed by atoms with Gasteiger partial charge in [-0.05, 0) is 48.3 Å². The van der Waals surface area contributed by atoms with Crippen molar-refractivity contribution in [2.75, 3.05) is 0 Å². The maximum Gasteiger partial charge on any atom is 0.0559 e.